The SMILES string of the molecule is COC(=O)c1ccc2c(c1)C(=NNS(=O)(=O)c1ccc(C)cc1)CC2. The van der Waals surface area contributed by atoms with Crippen molar-refractivity contribution in [3.05, 3.63) is 64.7 Å². The highest BCUT2D eigenvalue weighted by Gasteiger charge is 2.21. The van der Waals surface area contributed by atoms with E-state index in [1.165, 1.54) is 19.2 Å². The van der Waals surface area contributed by atoms with Gasteiger partial charge in [0.05, 0.1) is 23.3 Å². The molecule has 1 aliphatic carbocycles. The van der Waals surface area contributed by atoms with E-state index in [1.54, 1.807) is 24.3 Å². The normalized spacial score (nSPS) is 15.0. The van der Waals surface area contributed by atoms with Crippen LogP contribution in [-0.2, 0) is 21.2 Å². The minimum absolute atomic E-state index is 0.156. The van der Waals surface area contributed by atoms with Crippen molar-refractivity contribution in [3.8, 4) is 0 Å². The zero-order valence-electron chi connectivity index (χ0n) is 13.9. The molecule has 1 aliphatic rings. The van der Waals surface area contributed by atoms with Crippen molar-refractivity contribution >= 4 is 21.7 Å². The van der Waals surface area contributed by atoms with Crippen LogP contribution < -0.4 is 4.83 Å². The molecule has 0 fully saturated rings. The summed E-state index contributed by atoms with van der Waals surface area (Å²) in [7, 11) is -2.41. The molecule has 0 amide bonds. The van der Waals surface area contributed by atoms with Gasteiger partial charge >= 0.3 is 5.97 Å². The summed E-state index contributed by atoms with van der Waals surface area (Å²) in [4.78, 5) is 14.1. The summed E-state index contributed by atoms with van der Waals surface area (Å²) >= 11 is 0. The van der Waals surface area contributed by atoms with Gasteiger partial charge in [0.2, 0.25) is 0 Å². The first-order valence-electron chi connectivity index (χ1n) is 7.77. The monoisotopic (exact) mass is 358 g/mol. The van der Waals surface area contributed by atoms with Gasteiger partial charge in [0, 0.05) is 5.56 Å². The number of nitrogens with one attached hydrogen (secondary N) is 1. The fourth-order valence-corrected chi connectivity index (χ4v) is 3.53. The Kier molecular flexibility index (Phi) is 4.59. The Morgan fingerprint density at radius 2 is 1.84 bits per heavy atom. The van der Waals surface area contributed by atoms with Gasteiger partial charge in [0.1, 0.15) is 0 Å². The molecule has 1 N–H and O–H groups in total. The number of carbonyl (C=O) groups is 1. The van der Waals surface area contributed by atoms with Gasteiger partial charge in [-0.25, -0.2) is 4.79 Å². The van der Waals surface area contributed by atoms with E-state index >= 15 is 0 Å². The van der Waals surface area contributed by atoms with Gasteiger partial charge in [-0.05, 0) is 49.6 Å². The summed E-state index contributed by atoms with van der Waals surface area (Å²) < 4.78 is 29.4. The Morgan fingerprint density at radius 3 is 2.52 bits per heavy atom. The van der Waals surface area contributed by atoms with Crippen molar-refractivity contribution in [1.82, 2.24) is 4.83 Å². The molecule has 0 atom stereocenters. The number of rotatable bonds is 4. The predicted octanol–water partition coefficient (Wildman–Crippen LogP) is 2.41. The van der Waals surface area contributed by atoms with E-state index in [0.29, 0.717) is 17.7 Å². The van der Waals surface area contributed by atoms with Crippen LogP contribution in [0, 0.1) is 6.92 Å². The largest absolute Gasteiger partial charge is 0.465 e. The van der Waals surface area contributed by atoms with Crippen molar-refractivity contribution in [2.45, 2.75) is 24.7 Å². The highest BCUT2D eigenvalue weighted by molar-refractivity contribution is 7.89. The Hall–Kier alpha value is -2.67. The van der Waals surface area contributed by atoms with Crippen molar-refractivity contribution < 1.29 is 17.9 Å². The van der Waals surface area contributed by atoms with Gasteiger partial charge in [-0.15, -0.1) is 0 Å². The van der Waals surface area contributed by atoms with Crippen molar-refractivity contribution in [1.29, 1.82) is 0 Å². The number of hydrogen-bond donors (Lipinski definition) is 1. The third-order valence-electron chi connectivity index (χ3n) is 4.11. The minimum atomic E-state index is -3.73. The van der Waals surface area contributed by atoms with Crippen LogP contribution in [0.3, 0.4) is 0 Å². The van der Waals surface area contributed by atoms with E-state index in [4.69, 9.17) is 4.74 Å². The summed E-state index contributed by atoms with van der Waals surface area (Å²) in [5, 5.41) is 4.09. The molecule has 2 aromatic rings. The van der Waals surface area contributed by atoms with E-state index < -0.39 is 16.0 Å². The van der Waals surface area contributed by atoms with Crippen molar-refractivity contribution in [2.24, 2.45) is 5.10 Å². The van der Waals surface area contributed by atoms with Crippen LogP contribution in [0.4, 0.5) is 0 Å². The van der Waals surface area contributed by atoms with Crippen LogP contribution in [0.1, 0.15) is 33.5 Å². The molecule has 130 valence electrons. The van der Waals surface area contributed by atoms with Crippen LogP contribution in [0.25, 0.3) is 0 Å². The highest BCUT2D eigenvalue weighted by Crippen LogP contribution is 2.24. The molecule has 6 nitrogen and oxygen atoms in total. The Labute approximate surface area is 146 Å². The second-order valence-corrected chi connectivity index (χ2v) is 7.49. The van der Waals surface area contributed by atoms with Gasteiger partial charge in [-0.1, -0.05) is 23.8 Å². The molecule has 0 unspecified atom stereocenters. The smallest absolute Gasteiger partial charge is 0.337 e. The predicted molar refractivity (Wildman–Crippen MR) is 94.1 cm³/mol. The van der Waals surface area contributed by atoms with Crippen LogP contribution in [0.5, 0.6) is 0 Å². The average molecular weight is 358 g/mol. The minimum Gasteiger partial charge on any atom is -0.465 e. The number of hydrazone groups is 1. The third-order valence-corrected chi connectivity index (χ3v) is 5.33. The molecule has 0 spiro atoms. The van der Waals surface area contributed by atoms with Crippen molar-refractivity contribution in [3.63, 3.8) is 0 Å². The fraction of sp³-hybridized carbons (Fsp3) is 0.222. The molecular weight excluding hydrogens is 340 g/mol. The molecule has 0 heterocycles. The first-order valence-corrected chi connectivity index (χ1v) is 9.25. The maximum Gasteiger partial charge on any atom is 0.337 e. The van der Waals surface area contributed by atoms with Crippen LogP contribution in [-0.4, -0.2) is 27.2 Å². The zero-order chi connectivity index (χ0) is 18.0. The van der Waals surface area contributed by atoms with Crippen LogP contribution in [0.15, 0.2) is 52.5 Å². The summed E-state index contributed by atoms with van der Waals surface area (Å²) in [5.74, 6) is -0.436. The number of nitrogens with zero attached hydrogens (tertiary/aromatic N) is 1. The molecule has 2 aromatic carbocycles. The molecule has 0 bridgehead atoms. The molecule has 0 saturated heterocycles. The van der Waals surface area contributed by atoms with Gasteiger partial charge < -0.3 is 4.74 Å². The quantitative estimate of drug-likeness (QED) is 0.672. The lowest BCUT2D eigenvalue weighted by Crippen LogP contribution is -2.20. The van der Waals surface area contributed by atoms with E-state index in [0.717, 1.165) is 23.1 Å². The Balaban J connectivity index is 1.87. The number of methoxy groups -OCH3 is 1. The second-order valence-electron chi connectivity index (χ2n) is 5.83. The molecule has 7 heteroatoms. The van der Waals surface area contributed by atoms with Crippen molar-refractivity contribution in [2.75, 3.05) is 7.11 Å². The second kappa shape index (κ2) is 6.68. The Morgan fingerprint density at radius 1 is 1.12 bits per heavy atom. The van der Waals surface area contributed by atoms with E-state index in [9.17, 15) is 13.2 Å². The number of esters is 1. The Bertz CT molecular complexity index is 948. The summed E-state index contributed by atoms with van der Waals surface area (Å²) in [6.45, 7) is 1.89. The first kappa shape index (κ1) is 17.2. The number of ether oxygens (including phenoxy) is 1. The number of sulfonamides is 1. The number of aryl methyl sites for hydroxylation is 2. The zero-order valence-corrected chi connectivity index (χ0v) is 14.8. The molecule has 0 aliphatic heterocycles. The lowest BCUT2D eigenvalue weighted by atomic mass is 10.1. The van der Waals surface area contributed by atoms with E-state index in [2.05, 4.69) is 9.93 Å². The maximum absolute atomic E-state index is 12.3. The van der Waals surface area contributed by atoms with Gasteiger partial charge in [0.15, 0.2) is 0 Å². The number of fused-ring (bicyclic) bond motifs is 1. The van der Waals surface area contributed by atoms with Gasteiger partial charge in [-0.3, -0.25) is 0 Å². The topological polar surface area (TPSA) is 84.8 Å². The number of hydrogen-bond acceptors (Lipinski definition) is 5. The molecule has 0 aromatic heterocycles. The maximum atomic E-state index is 12.3. The number of carbonyl (C=O) groups excluding carboxylic acids is 1. The highest BCUT2D eigenvalue weighted by atomic mass is 32.2. The average Bonchev–Trinajstić information content (AvgIpc) is 3.02. The molecule has 25 heavy (non-hydrogen) atoms. The molecule has 3 rings (SSSR count). The summed E-state index contributed by atoms with van der Waals surface area (Å²) in [6.07, 6.45) is 1.36. The molecular formula is C18H18N2O4S. The van der Waals surface area contributed by atoms with E-state index in [1.807, 2.05) is 13.0 Å². The van der Waals surface area contributed by atoms with E-state index in [-0.39, 0.29) is 4.90 Å². The lowest BCUT2D eigenvalue weighted by Gasteiger charge is -2.06. The standard InChI is InChI=1S/C18H18N2O4S/c1-12-3-8-15(9-4-12)25(22,23)20-19-17-10-7-13-5-6-14(11-16(13)17)18(21)24-2/h3-6,8-9,11,20H,7,10H2,1-2H3. The fourth-order valence-electron chi connectivity index (χ4n) is 2.70. The molecule has 0 radical (unpaired) electrons. The van der Waals surface area contributed by atoms with Crippen LogP contribution in [0.2, 0.25) is 0 Å². The van der Waals surface area contributed by atoms with Crippen LogP contribution >= 0.6 is 0 Å². The first-order chi connectivity index (χ1) is 11.9. The summed E-state index contributed by atoms with van der Waals surface area (Å²) in [5.41, 5.74) is 3.80. The van der Waals surface area contributed by atoms with Gasteiger partial charge in [-0.2, -0.15) is 18.4 Å². The third kappa shape index (κ3) is 3.56. The number of benzene rings is 2. The molecule has 0 saturated carbocycles. The lowest BCUT2D eigenvalue weighted by molar-refractivity contribution is 0.0600. The summed E-state index contributed by atoms with van der Waals surface area (Å²) in [6, 6.07) is 11.8. The van der Waals surface area contributed by atoms with Gasteiger partial charge in [0.25, 0.3) is 10.0 Å².